The summed E-state index contributed by atoms with van der Waals surface area (Å²) < 4.78 is 7.44. The molecule has 1 aromatic carbocycles. The third kappa shape index (κ3) is 2.93. The number of nitrogens with zero attached hydrogens (tertiary/aromatic N) is 2. The van der Waals surface area contributed by atoms with Gasteiger partial charge in [0.2, 0.25) is 0 Å². The molecule has 88 valence electrons. The Bertz CT molecular complexity index is 488. The summed E-state index contributed by atoms with van der Waals surface area (Å²) in [7, 11) is 0. The van der Waals surface area contributed by atoms with Crippen LogP contribution in [0.2, 0.25) is 0 Å². The summed E-state index contributed by atoms with van der Waals surface area (Å²) in [6.07, 6.45) is 4.57. The standard InChI is InChI=1S/C13H14N2O2/c1-2-15-8-12(7-14-15)10-17-13-5-3-11(9-16)4-6-13/h3-9H,2,10H2,1H3. The minimum absolute atomic E-state index is 0.487. The van der Waals surface area contributed by atoms with Crippen LogP contribution in [0.1, 0.15) is 22.8 Å². The van der Waals surface area contributed by atoms with Gasteiger partial charge in [0.15, 0.2) is 0 Å². The maximum atomic E-state index is 10.5. The maximum absolute atomic E-state index is 10.5. The summed E-state index contributed by atoms with van der Waals surface area (Å²) in [5, 5.41) is 4.16. The lowest BCUT2D eigenvalue weighted by Gasteiger charge is -2.04. The molecule has 0 saturated carbocycles. The molecule has 0 bridgehead atoms. The van der Waals surface area contributed by atoms with Gasteiger partial charge in [0.1, 0.15) is 18.6 Å². The van der Waals surface area contributed by atoms with Crippen LogP contribution in [0.4, 0.5) is 0 Å². The fourth-order valence-corrected chi connectivity index (χ4v) is 1.46. The van der Waals surface area contributed by atoms with Crippen LogP contribution < -0.4 is 4.74 Å². The molecule has 0 spiro atoms. The Kier molecular flexibility index (Phi) is 3.55. The van der Waals surface area contributed by atoms with E-state index in [0.717, 1.165) is 24.1 Å². The predicted octanol–water partition coefficient (Wildman–Crippen LogP) is 2.29. The van der Waals surface area contributed by atoms with Crippen LogP contribution in [0.3, 0.4) is 0 Å². The number of benzene rings is 1. The minimum atomic E-state index is 0.487. The van der Waals surface area contributed by atoms with Crippen molar-refractivity contribution in [1.82, 2.24) is 9.78 Å². The number of carbonyl (C=O) groups is 1. The summed E-state index contributed by atoms with van der Waals surface area (Å²) in [5.41, 5.74) is 1.68. The van der Waals surface area contributed by atoms with Crippen LogP contribution in [0.15, 0.2) is 36.7 Å². The second-order valence-electron chi connectivity index (χ2n) is 3.68. The third-order valence-electron chi connectivity index (χ3n) is 2.43. The summed E-state index contributed by atoms with van der Waals surface area (Å²) in [6.45, 7) is 3.38. The molecule has 4 nitrogen and oxygen atoms in total. The van der Waals surface area contributed by atoms with E-state index >= 15 is 0 Å². The molecule has 2 aromatic rings. The number of hydrogen-bond donors (Lipinski definition) is 0. The lowest BCUT2D eigenvalue weighted by Crippen LogP contribution is -1.95. The van der Waals surface area contributed by atoms with Gasteiger partial charge in [-0.2, -0.15) is 5.10 Å². The second kappa shape index (κ2) is 5.30. The lowest BCUT2D eigenvalue weighted by molar-refractivity contribution is 0.112. The van der Waals surface area contributed by atoms with Crippen molar-refractivity contribution >= 4 is 6.29 Å². The smallest absolute Gasteiger partial charge is 0.150 e. The highest BCUT2D eigenvalue weighted by molar-refractivity contribution is 5.74. The van der Waals surface area contributed by atoms with Gasteiger partial charge in [-0.3, -0.25) is 9.48 Å². The molecule has 0 aliphatic rings. The quantitative estimate of drug-likeness (QED) is 0.740. The van der Waals surface area contributed by atoms with E-state index in [1.807, 2.05) is 17.8 Å². The molecule has 0 fully saturated rings. The number of aryl methyl sites for hydroxylation is 1. The zero-order chi connectivity index (χ0) is 12.1. The highest BCUT2D eigenvalue weighted by atomic mass is 16.5. The van der Waals surface area contributed by atoms with Crippen LogP contribution in [-0.2, 0) is 13.2 Å². The molecule has 17 heavy (non-hydrogen) atoms. The van der Waals surface area contributed by atoms with Gasteiger partial charge < -0.3 is 4.74 Å². The zero-order valence-corrected chi connectivity index (χ0v) is 9.67. The van der Waals surface area contributed by atoms with E-state index < -0.39 is 0 Å². The molecule has 0 unspecified atom stereocenters. The summed E-state index contributed by atoms with van der Waals surface area (Å²) >= 11 is 0. The number of hydrogen-bond acceptors (Lipinski definition) is 3. The summed E-state index contributed by atoms with van der Waals surface area (Å²) in [5.74, 6) is 0.750. The van der Waals surface area contributed by atoms with E-state index in [1.165, 1.54) is 0 Å². The van der Waals surface area contributed by atoms with Gasteiger partial charge in [-0.1, -0.05) is 0 Å². The molecule has 0 amide bonds. The monoisotopic (exact) mass is 230 g/mol. The molecule has 0 aliphatic carbocycles. The lowest BCUT2D eigenvalue weighted by atomic mass is 10.2. The fraction of sp³-hybridized carbons (Fsp3) is 0.231. The van der Waals surface area contributed by atoms with Gasteiger partial charge in [0, 0.05) is 23.9 Å². The SMILES string of the molecule is CCn1cc(COc2ccc(C=O)cc2)cn1. The van der Waals surface area contributed by atoms with E-state index in [1.54, 1.807) is 30.5 Å². The maximum Gasteiger partial charge on any atom is 0.150 e. The van der Waals surface area contributed by atoms with Crippen molar-refractivity contribution in [2.45, 2.75) is 20.1 Å². The van der Waals surface area contributed by atoms with Crippen LogP contribution in [0.25, 0.3) is 0 Å². The molecule has 0 saturated heterocycles. The van der Waals surface area contributed by atoms with Crippen molar-refractivity contribution in [3.63, 3.8) is 0 Å². The van der Waals surface area contributed by atoms with E-state index in [-0.39, 0.29) is 0 Å². The van der Waals surface area contributed by atoms with Crippen LogP contribution >= 0.6 is 0 Å². The van der Waals surface area contributed by atoms with Gasteiger partial charge in [0.05, 0.1) is 6.20 Å². The van der Waals surface area contributed by atoms with Gasteiger partial charge in [0.25, 0.3) is 0 Å². The first kappa shape index (κ1) is 11.4. The van der Waals surface area contributed by atoms with Crippen molar-refractivity contribution in [3.05, 3.63) is 47.8 Å². The van der Waals surface area contributed by atoms with Gasteiger partial charge in [-0.05, 0) is 31.2 Å². The summed E-state index contributed by atoms with van der Waals surface area (Å²) in [6, 6.07) is 7.04. The van der Waals surface area contributed by atoms with E-state index in [4.69, 9.17) is 4.74 Å². The van der Waals surface area contributed by atoms with Crippen molar-refractivity contribution in [3.8, 4) is 5.75 Å². The first-order chi connectivity index (χ1) is 8.31. The number of carbonyl (C=O) groups excluding carboxylic acids is 1. The second-order valence-corrected chi connectivity index (χ2v) is 3.68. The predicted molar refractivity (Wildman–Crippen MR) is 64.1 cm³/mol. The molecule has 1 heterocycles. The Morgan fingerprint density at radius 1 is 1.35 bits per heavy atom. The van der Waals surface area contributed by atoms with Crippen molar-refractivity contribution in [1.29, 1.82) is 0 Å². The number of aromatic nitrogens is 2. The van der Waals surface area contributed by atoms with E-state index in [0.29, 0.717) is 12.2 Å². The molecule has 0 aliphatic heterocycles. The van der Waals surface area contributed by atoms with Gasteiger partial charge in [-0.15, -0.1) is 0 Å². The van der Waals surface area contributed by atoms with Gasteiger partial charge >= 0.3 is 0 Å². The number of ether oxygens (including phenoxy) is 1. The topological polar surface area (TPSA) is 44.1 Å². The Morgan fingerprint density at radius 3 is 2.71 bits per heavy atom. The third-order valence-corrected chi connectivity index (χ3v) is 2.43. The van der Waals surface area contributed by atoms with Crippen molar-refractivity contribution in [2.24, 2.45) is 0 Å². The normalized spacial score (nSPS) is 10.2. The fourth-order valence-electron chi connectivity index (χ4n) is 1.46. The average molecular weight is 230 g/mol. The molecule has 0 N–H and O–H groups in total. The number of rotatable bonds is 5. The highest BCUT2D eigenvalue weighted by Crippen LogP contribution is 2.13. The zero-order valence-electron chi connectivity index (χ0n) is 9.67. The van der Waals surface area contributed by atoms with E-state index in [9.17, 15) is 4.79 Å². The van der Waals surface area contributed by atoms with E-state index in [2.05, 4.69) is 5.10 Å². The molecule has 1 aromatic heterocycles. The Morgan fingerprint density at radius 2 is 2.12 bits per heavy atom. The van der Waals surface area contributed by atoms with Crippen LogP contribution in [0, 0.1) is 0 Å². The Balaban J connectivity index is 1.94. The van der Waals surface area contributed by atoms with Gasteiger partial charge in [-0.25, -0.2) is 0 Å². The summed E-state index contributed by atoms with van der Waals surface area (Å²) in [4.78, 5) is 10.5. The Hall–Kier alpha value is -2.10. The van der Waals surface area contributed by atoms with Crippen molar-refractivity contribution in [2.75, 3.05) is 0 Å². The first-order valence-corrected chi connectivity index (χ1v) is 5.51. The average Bonchev–Trinajstić information content (AvgIpc) is 2.85. The largest absolute Gasteiger partial charge is 0.489 e. The van der Waals surface area contributed by atoms with Crippen LogP contribution in [0.5, 0.6) is 5.75 Å². The molecular formula is C13H14N2O2. The molecule has 2 rings (SSSR count). The molecule has 4 heteroatoms. The Labute approximate surface area is 99.8 Å². The van der Waals surface area contributed by atoms with Crippen LogP contribution in [-0.4, -0.2) is 16.1 Å². The molecular weight excluding hydrogens is 216 g/mol. The number of aldehydes is 1. The molecule has 0 atom stereocenters. The minimum Gasteiger partial charge on any atom is -0.489 e. The highest BCUT2D eigenvalue weighted by Gasteiger charge is 1.99. The molecule has 0 radical (unpaired) electrons. The first-order valence-electron chi connectivity index (χ1n) is 5.51. The van der Waals surface area contributed by atoms with Crippen molar-refractivity contribution < 1.29 is 9.53 Å².